The molecule has 0 heterocycles. The summed E-state index contributed by atoms with van der Waals surface area (Å²) in [6.45, 7) is 5.00. The molecule has 0 bridgehead atoms. The molecule has 0 aromatic heterocycles. The van der Waals surface area contributed by atoms with Crippen molar-refractivity contribution < 1.29 is 5.21 Å². The second-order valence-electron chi connectivity index (χ2n) is 3.96. The molecule has 0 saturated carbocycles. The Morgan fingerprint density at radius 3 is 2.50 bits per heavy atom. The maximum Gasteiger partial charge on any atom is 0.140 e. The molecule has 88 valence electrons. The lowest BCUT2D eigenvalue weighted by molar-refractivity contribution is 0.317. The number of para-hydroxylation sites is 1. The van der Waals surface area contributed by atoms with Crippen molar-refractivity contribution in [1.29, 1.82) is 0 Å². The predicted octanol–water partition coefficient (Wildman–Crippen LogP) is 2.04. The van der Waals surface area contributed by atoms with Gasteiger partial charge >= 0.3 is 0 Å². The quantitative estimate of drug-likeness (QED) is 0.346. The van der Waals surface area contributed by atoms with Crippen LogP contribution < -0.4 is 10.6 Å². The molecule has 0 saturated heterocycles. The van der Waals surface area contributed by atoms with Crippen molar-refractivity contribution in [3.05, 3.63) is 30.3 Å². The summed E-state index contributed by atoms with van der Waals surface area (Å²) in [6, 6.07) is 10.5. The van der Waals surface area contributed by atoms with Crippen LogP contribution in [0.5, 0.6) is 0 Å². The van der Waals surface area contributed by atoms with Gasteiger partial charge in [0, 0.05) is 24.7 Å². The highest BCUT2D eigenvalue weighted by atomic mass is 16.4. The first-order valence-electron chi connectivity index (χ1n) is 5.43. The minimum atomic E-state index is 0.265. The zero-order chi connectivity index (χ0) is 12.0. The Morgan fingerprint density at radius 2 is 2.00 bits per heavy atom. The van der Waals surface area contributed by atoms with E-state index in [1.54, 1.807) is 0 Å². The Hall–Kier alpha value is -1.71. The van der Waals surface area contributed by atoms with E-state index in [1.165, 1.54) is 0 Å². The Morgan fingerprint density at radius 1 is 1.38 bits per heavy atom. The number of anilines is 1. The lowest BCUT2D eigenvalue weighted by Gasteiger charge is -2.28. The molecule has 0 aliphatic carbocycles. The summed E-state index contributed by atoms with van der Waals surface area (Å²) < 4.78 is 0. The fourth-order valence-corrected chi connectivity index (χ4v) is 1.59. The second-order valence-corrected chi connectivity index (χ2v) is 3.96. The first-order chi connectivity index (χ1) is 7.65. The number of hydrogen-bond acceptors (Lipinski definition) is 3. The first kappa shape index (κ1) is 12.4. The van der Waals surface area contributed by atoms with Crippen molar-refractivity contribution >= 4 is 11.5 Å². The van der Waals surface area contributed by atoms with Gasteiger partial charge in [-0.25, -0.2) is 0 Å². The topological polar surface area (TPSA) is 61.8 Å². The average molecular weight is 221 g/mol. The molecule has 0 aliphatic rings. The number of benzene rings is 1. The molecule has 4 heteroatoms. The summed E-state index contributed by atoms with van der Waals surface area (Å²) in [5, 5.41) is 11.5. The Balaban J connectivity index is 2.69. The van der Waals surface area contributed by atoms with Crippen LogP contribution in [0, 0.1) is 0 Å². The molecule has 0 amide bonds. The lowest BCUT2D eigenvalue weighted by atomic mass is 10.2. The molecular weight excluding hydrogens is 202 g/mol. The lowest BCUT2D eigenvalue weighted by Crippen LogP contribution is -2.33. The zero-order valence-corrected chi connectivity index (χ0v) is 9.80. The highest BCUT2D eigenvalue weighted by molar-refractivity contribution is 5.80. The summed E-state index contributed by atoms with van der Waals surface area (Å²) >= 11 is 0. The molecule has 1 aromatic rings. The van der Waals surface area contributed by atoms with E-state index >= 15 is 0 Å². The van der Waals surface area contributed by atoms with Gasteiger partial charge in [-0.05, 0) is 26.0 Å². The van der Waals surface area contributed by atoms with Crippen LogP contribution in [0.4, 0.5) is 5.69 Å². The van der Waals surface area contributed by atoms with Crippen molar-refractivity contribution in [3.63, 3.8) is 0 Å². The summed E-state index contributed by atoms with van der Waals surface area (Å²) in [5.74, 6) is 0.265. The number of hydrogen-bond donors (Lipinski definition) is 2. The number of nitrogens with two attached hydrogens (primary N) is 1. The van der Waals surface area contributed by atoms with Gasteiger partial charge in [-0.2, -0.15) is 0 Å². The van der Waals surface area contributed by atoms with E-state index < -0.39 is 0 Å². The number of oxime groups is 1. The maximum atomic E-state index is 8.50. The smallest absolute Gasteiger partial charge is 0.140 e. The van der Waals surface area contributed by atoms with Gasteiger partial charge in [0.15, 0.2) is 0 Å². The van der Waals surface area contributed by atoms with Crippen LogP contribution in [0.25, 0.3) is 0 Å². The highest BCUT2D eigenvalue weighted by Crippen LogP contribution is 2.16. The summed E-state index contributed by atoms with van der Waals surface area (Å²) in [6.07, 6.45) is 0.559. The molecule has 0 aliphatic heterocycles. The van der Waals surface area contributed by atoms with Gasteiger partial charge in [0.2, 0.25) is 0 Å². The van der Waals surface area contributed by atoms with E-state index in [9.17, 15) is 0 Å². The van der Waals surface area contributed by atoms with Crippen molar-refractivity contribution in [3.8, 4) is 0 Å². The van der Waals surface area contributed by atoms with E-state index in [4.69, 9.17) is 10.9 Å². The van der Waals surface area contributed by atoms with Crippen LogP contribution in [-0.4, -0.2) is 23.6 Å². The minimum Gasteiger partial charge on any atom is -0.409 e. The summed E-state index contributed by atoms with van der Waals surface area (Å²) in [5.41, 5.74) is 6.63. The fourth-order valence-electron chi connectivity index (χ4n) is 1.59. The average Bonchev–Trinajstić information content (AvgIpc) is 2.30. The third-order valence-electron chi connectivity index (χ3n) is 2.45. The van der Waals surface area contributed by atoms with Crippen LogP contribution in [0.2, 0.25) is 0 Å². The van der Waals surface area contributed by atoms with E-state index in [-0.39, 0.29) is 5.84 Å². The standard InChI is InChI=1S/C12H19N3O/c1-10(2)15(9-8-12(13)14-16)11-6-4-3-5-7-11/h3-7,10,16H,8-9H2,1-2H3,(H2,13,14). The summed E-state index contributed by atoms with van der Waals surface area (Å²) in [7, 11) is 0. The molecule has 0 fully saturated rings. The van der Waals surface area contributed by atoms with Crippen LogP contribution >= 0.6 is 0 Å². The van der Waals surface area contributed by atoms with Crippen LogP contribution in [0.3, 0.4) is 0 Å². The molecule has 0 atom stereocenters. The molecule has 16 heavy (non-hydrogen) atoms. The van der Waals surface area contributed by atoms with Crippen molar-refractivity contribution in [1.82, 2.24) is 0 Å². The third-order valence-corrected chi connectivity index (χ3v) is 2.45. The van der Waals surface area contributed by atoms with Crippen LogP contribution in [-0.2, 0) is 0 Å². The molecule has 0 unspecified atom stereocenters. The molecule has 3 N–H and O–H groups in total. The van der Waals surface area contributed by atoms with Crippen LogP contribution in [0.1, 0.15) is 20.3 Å². The van der Waals surface area contributed by atoms with Crippen molar-refractivity contribution in [2.24, 2.45) is 10.9 Å². The van der Waals surface area contributed by atoms with Gasteiger partial charge in [0.1, 0.15) is 5.84 Å². The van der Waals surface area contributed by atoms with E-state index in [0.29, 0.717) is 12.5 Å². The van der Waals surface area contributed by atoms with Gasteiger partial charge in [0.05, 0.1) is 0 Å². The Kier molecular flexibility index (Phi) is 4.64. The molecule has 0 spiro atoms. The Labute approximate surface area is 96.4 Å². The first-order valence-corrected chi connectivity index (χ1v) is 5.43. The largest absolute Gasteiger partial charge is 0.409 e. The normalized spacial score (nSPS) is 11.8. The molecule has 4 nitrogen and oxygen atoms in total. The number of nitrogens with zero attached hydrogens (tertiary/aromatic N) is 2. The zero-order valence-electron chi connectivity index (χ0n) is 9.80. The highest BCUT2D eigenvalue weighted by Gasteiger charge is 2.10. The number of amidine groups is 1. The van der Waals surface area contributed by atoms with Gasteiger partial charge in [-0.15, -0.1) is 0 Å². The van der Waals surface area contributed by atoms with Gasteiger partial charge in [-0.1, -0.05) is 23.4 Å². The maximum absolute atomic E-state index is 8.50. The Bertz CT molecular complexity index is 335. The van der Waals surface area contributed by atoms with E-state index in [0.717, 1.165) is 12.2 Å². The molecular formula is C12H19N3O. The van der Waals surface area contributed by atoms with E-state index in [1.807, 2.05) is 18.2 Å². The van der Waals surface area contributed by atoms with Crippen molar-refractivity contribution in [2.75, 3.05) is 11.4 Å². The fraction of sp³-hybridized carbons (Fsp3) is 0.417. The molecule has 1 rings (SSSR count). The molecule has 1 aromatic carbocycles. The SMILES string of the molecule is CC(C)N(CC/C(N)=N/O)c1ccccc1. The van der Waals surface area contributed by atoms with Gasteiger partial charge < -0.3 is 15.8 Å². The van der Waals surface area contributed by atoms with Crippen LogP contribution in [0.15, 0.2) is 35.5 Å². The predicted molar refractivity (Wildman–Crippen MR) is 66.9 cm³/mol. The second kappa shape index (κ2) is 6.00. The monoisotopic (exact) mass is 221 g/mol. The van der Waals surface area contributed by atoms with Gasteiger partial charge in [0.25, 0.3) is 0 Å². The minimum absolute atomic E-state index is 0.265. The van der Waals surface area contributed by atoms with E-state index in [2.05, 4.69) is 36.0 Å². The van der Waals surface area contributed by atoms with Crippen molar-refractivity contribution in [2.45, 2.75) is 26.3 Å². The van der Waals surface area contributed by atoms with Gasteiger partial charge in [-0.3, -0.25) is 0 Å². The summed E-state index contributed by atoms with van der Waals surface area (Å²) in [4.78, 5) is 2.22. The molecule has 0 radical (unpaired) electrons. The third kappa shape index (κ3) is 3.46. The number of rotatable bonds is 5.